The van der Waals surface area contributed by atoms with E-state index in [9.17, 15) is 4.79 Å². The lowest BCUT2D eigenvalue weighted by molar-refractivity contribution is -0.142. The third kappa shape index (κ3) is 1.87. The van der Waals surface area contributed by atoms with E-state index in [0.717, 1.165) is 5.56 Å². The minimum absolute atomic E-state index is 0.412. The van der Waals surface area contributed by atoms with Crippen LogP contribution >= 0.6 is 11.6 Å². The topological polar surface area (TPSA) is 50.2 Å². The molecule has 1 heterocycles. The molecule has 0 spiro atoms. The molecule has 0 aliphatic carbocycles. The number of aromatic nitrogens is 1. The van der Waals surface area contributed by atoms with Gasteiger partial charge in [0.25, 0.3) is 0 Å². The van der Waals surface area contributed by atoms with Gasteiger partial charge in [-0.3, -0.25) is 4.79 Å². The zero-order valence-electron chi connectivity index (χ0n) is 8.34. The van der Waals surface area contributed by atoms with Gasteiger partial charge >= 0.3 is 5.97 Å². The maximum atomic E-state index is 11.0. The van der Waals surface area contributed by atoms with Gasteiger partial charge in [0.05, 0.1) is 5.41 Å². The Morgan fingerprint density at radius 3 is 2.57 bits per heavy atom. The second-order valence-electron chi connectivity index (χ2n) is 3.76. The molecule has 0 saturated heterocycles. The van der Waals surface area contributed by atoms with Crippen molar-refractivity contribution in [2.75, 3.05) is 0 Å². The molecule has 0 aliphatic rings. The quantitative estimate of drug-likeness (QED) is 0.768. The maximum Gasteiger partial charge on any atom is 0.313 e. The van der Waals surface area contributed by atoms with Gasteiger partial charge in [-0.15, -0.1) is 0 Å². The normalized spacial score (nSPS) is 11.4. The third-order valence-electron chi connectivity index (χ3n) is 2.27. The molecule has 76 valence electrons. The Hall–Kier alpha value is -1.09. The van der Waals surface area contributed by atoms with Crippen LogP contribution < -0.4 is 0 Å². The van der Waals surface area contributed by atoms with E-state index in [4.69, 9.17) is 16.7 Å². The number of hydrogen-bond donors (Lipinski definition) is 1. The summed E-state index contributed by atoms with van der Waals surface area (Å²) in [5.74, 6) is -0.874. The molecule has 1 rings (SSSR count). The first-order valence-corrected chi connectivity index (χ1v) is 4.59. The molecule has 1 N–H and O–H groups in total. The van der Waals surface area contributed by atoms with Crippen molar-refractivity contribution in [3.8, 4) is 0 Å². The predicted molar refractivity (Wildman–Crippen MR) is 54.6 cm³/mol. The van der Waals surface area contributed by atoms with Crippen molar-refractivity contribution >= 4 is 17.6 Å². The highest BCUT2D eigenvalue weighted by Gasteiger charge is 2.29. The summed E-state index contributed by atoms with van der Waals surface area (Å²) < 4.78 is 0. The molecule has 0 aliphatic heterocycles. The van der Waals surface area contributed by atoms with Gasteiger partial charge in [0.1, 0.15) is 5.15 Å². The third-order valence-corrected chi connectivity index (χ3v) is 2.67. The number of pyridine rings is 1. The molecule has 0 saturated carbocycles. The van der Waals surface area contributed by atoms with Crippen LogP contribution in [0.15, 0.2) is 12.3 Å². The highest BCUT2D eigenvalue weighted by molar-refractivity contribution is 6.30. The lowest BCUT2D eigenvalue weighted by Gasteiger charge is -2.19. The van der Waals surface area contributed by atoms with Crippen LogP contribution in [0, 0.1) is 6.92 Å². The summed E-state index contributed by atoms with van der Waals surface area (Å²) >= 11 is 5.75. The van der Waals surface area contributed by atoms with E-state index in [1.54, 1.807) is 26.8 Å². The number of carboxylic acid groups (broad SMARTS) is 1. The average Bonchev–Trinajstić information content (AvgIpc) is 2.09. The minimum atomic E-state index is -0.928. The molecule has 0 radical (unpaired) electrons. The number of halogens is 1. The summed E-state index contributed by atoms with van der Waals surface area (Å²) in [6, 6.07) is 1.75. The van der Waals surface area contributed by atoms with Crippen LogP contribution in [0.5, 0.6) is 0 Å². The van der Waals surface area contributed by atoms with E-state index >= 15 is 0 Å². The fourth-order valence-corrected chi connectivity index (χ4v) is 1.13. The molecule has 0 fully saturated rings. The SMILES string of the molecule is Cc1cc(C(C)(C)C(=O)O)cnc1Cl. The predicted octanol–water partition coefficient (Wildman–Crippen LogP) is 2.41. The summed E-state index contributed by atoms with van der Waals surface area (Å²) in [6.45, 7) is 5.08. The van der Waals surface area contributed by atoms with Crippen LogP contribution in [0.3, 0.4) is 0 Å². The van der Waals surface area contributed by atoms with Gasteiger partial charge in [-0.2, -0.15) is 0 Å². The number of aliphatic carboxylic acids is 1. The van der Waals surface area contributed by atoms with Crippen molar-refractivity contribution in [3.63, 3.8) is 0 Å². The van der Waals surface area contributed by atoms with Gasteiger partial charge in [-0.1, -0.05) is 17.7 Å². The van der Waals surface area contributed by atoms with E-state index in [1.807, 2.05) is 0 Å². The number of carboxylic acids is 1. The van der Waals surface area contributed by atoms with Crippen molar-refractivity contribution in [2.24, 2.45) is 0 Å². The largest absolute Gasteiger partial charge is 0.481 e. The number of aryl methyl sites for hydroxylation is 1. The van der Waals surface area contributed by atoms with Crippen LogP contribution in [0.25, 0.3) is 0 Å². The molecule has 4 heteroatoms. The zero-order valence-corrected chi connectivity index (χ0v) is 9.09. The van der Waals surface area contributed by atoms with Gasteiger partial charge in [-0.25, -0.2) is 4.98 Å². The zero-order chi connectivity index (χ0) is 10.9. The van der Waals surface area contributed by atoms with E-state index in [2.05, 4.69) is 4.98 Å². The van der Waals surface area contributed by atoms with Gasteiger partial charge < -0.3 is 5.11 Å². The summed E-state index contributed by atoms with van der Waals surface area (Å²) in [5.41, 5.74) is 0.521. The molecule has 0 atom stereocenters. The Balaban J connectivity index is 3.21. The maximum absolute atomic E-state index is 11.0. The minimum Gasteiger partial charge on any atom is -0.481 e. The standard InChI is InChI=1S/C10H12ClNO2/c1-6-4-7(5-12-8(6)11)10(2,3)9(13)14/h4-5H,1-3H3,(H,13,14). The Kier molecular flexibility index (Phi) is 2.81. The lowest BCUT2D eigenvalue weighted by Crippen LogP contribution is -2.28. The highest BCUT2D eigenvalue weighted by atomic mass is 35.5. The Bertz CT molecular complexity index is 374. The Morgan fingerprint density at radius 2 is 2.14 bits per heavy atom. The molecule has 1 aromatic rings. The van der Waals surface area contributed by atoms with Crippen molar-refractivity contribution in [1.29, 1.82) is 0 Å². The Morgan fingerprint density at radius 1 is 1.57 bits per heavy atom. The summed E-state index contributed by atoms with van der Waals surface area (Å²) in [6.07, 6.45) is 1.50. The van der Waals surface area contributed by atoms with Gasteiger partial charge in [-0.05, 0) is 31.9 Å². The summed E-state index contributed by atoms with van der Waals surface area (Å²) in [5, 5.41) is 9.41. The van der Waals surface area contributed by atoms with E-state index < -0.39 is 11.4 Å². The summed E-state index contributed by atoms with van der Waals surface area (Å²) in [4.78, 5) is 14.9. The molecule has 14 heavy (non-hydrogen) atoms. The van der Waals surface area contributed by atoms with Gasteiger partial charge in [0, 0.05) is 6.20 Å². The fourth-order valence-electron chi connectivity index (χ4n) is 1.02. The number of carbonyl (C=O) groups is 1. The number of hydrogen-bond acceptors (Lipinski definition) is 2. The van der Waals surface area contributed by atoms with E-state index in [0.29, 0.717) is 10.7 Å². The van der Waals surface area contributed by atoms with E-state index in [-0.39, 0.29) is 0 Å². The molecular weight excluding hydrogens is 202 g/mol. The van der Waals surface area contributed by atoms with Gasteiger partial charge in [0.2, 0.25) is 0 Å². The first-order chi connectivity index (χ1) is 6.35. The second kappa shape index (κ2) is 3.58. The molecular formula is C10H12ClNO2. The van der Waals surface area contributed by atoms with Crippen LogP contribution in [-0.4, -0.2) is 16.1 Å². The van der Waals surface area contributed by atoms with Crippen molar-refractivity contribution in [2.45, 2.75) is 26.2 Å². The van der Waals surface area contributed by atoms with Crippen LogP contribution in [0.4, 0.5) is 0 Å². The number of rotatable bonds is 2. The van der Waals surface area contributed by atoms with Crippen LogP contribution in [-0.2, 0) is 10.2 Å². The van der Waals surface area contributed by atoms with Crippen molar-refractivity contribution < 1.29 is 9.90 Å². The highest BCUT2D eigenvalue weighted by Crippen LogP contribution is 2.25. The monoisotopic (exact) mass is 213 g/mol. The van der Waals surface area contributed by atoms with E-state index in [1.165, 1.54) is 6.20 Å². The second-order valence-corrected chi connectivity index (χ2v) is 4.12. The van der Waals surface area contributed by atoms with Gasteiger partial charge in [0.15, 0.2) is 0 Å². The molecule has 0 unspecified atom stereocenters. The fraction of sp³-hybridized carbons (Fsp3) is 0.400. The molecule has 3 nitrogen and oxygen atoms in total. The van der Waals surface area contributed by atoms with Crippen LogP contribution in [0.1, 0.15) is 25.0 Å². The Labute approximate surface area is 87.7 Å². The molecule has 0 amide bonds. The molecule has 1 aromatic heterocycles. The average molecular weight is 214 g/mol. The van der Waals surface area contributed by atoms with Crippen molar-refractivity contribution in [3.05, 3.63) is 28.5 Å². The van der Waals surface area contributed by atoms with Crippen molar-refractivity contribution in [1.82, 2.24) is 4.98 Å². The molecule has 0 bridgehead atoms. The van der Waals surface area contributed by atoms with Crippen LogP contribution in [0.2, 0.25) is 5.15 Å². The number of nitrogens with zero attached hydrogens (tertiary/aromatic N) is 1. The smallest absolute Gasteiger partial charge is 0.313 e. The lowest BCUT2D eigenvalue weighted by atomic mass is 9.85. The summed E-state index contributed by atoms with van der Waals surface area (Å²) in [7, 11) is 0. The first-order valence-electron chi connectivity index (χ1n) is 4.21. The first kappa shape index (κ1) is 11.0. The molecule has 0 aromatic carbocycles.